The minimum Gasteiger partial charge on any atom is -0.388 e. The van der Waals surface area contributed by atoms with E-state index in [9.17, 15) is 13.2 Å². The molecular weight excluding hydrogens is 265 g/mol. The summed E-state index contributed by atoms with van der Waals surface area (Å²) in [7, 11) is 0. The smallest absolute Gasteiger partial charge is 0.388 e. The second-order valence-corrected chi connectivity index (χ2v) is 4.92. The Morgan fingerprint density at radius 3 is 2.50 bits per heavy atom. The van der Waals surface area contributed by atoms with Gasteiger partial charge in [-0.05, 0) is 19.8 Å². The average molecular weight is 278 g/mol. The number of hydrogen-bond donors (Lipinski definition) is 1. The summed E-state index contributed by atoms with van der Waals surface area (Å²) in [5.74, 6) is 0.0290. The van der Waals surface area contributed by atoms with Crippen LogP contribution < -0.4 is 5.73 Å². The number of hydrogen-bond acceptors (Lipinski definition) is 3. The molecule has 0 saturated heterocycles. The molecule has 1 saturated carbocycles. The fraction of sp³-hybridized carbons (Fsp3) is 0.700. The largest absolute Gasteiger partial charge is 0.410 e. The monoisotopic (exact) mass is 278 g/mol. The molecule has 1 heterocycles. The number of halogens is 3. The molecule has 4 nitrogen and oxygen atoms in total. The van der Waals surface area contributed by atoms with Crippen molar-refractivity contribution < 1.29 is 13.2 Å². The first-order valence-electron chi connectivity index (χ1n) is 5.64. The zero-order valence-corrected chi connectivity index (χ0v) is 10.6. The second kappa shape index (κ2) is 4.49. The summed E-state index contributed by atoms with van der Waals surface area (Å²) in [6, 6.07) is -1.72. The van der Waals surface area contributed by atoms with Gasteiger partial charge in [0, 0.05) is 5.92 Å². The molecule has 0 aromatic carbocycles. The maximum atomic E-state index is 12.8. The zero-order chi connectivity index (χ0) is 13.5. The maximum Gasteiger partial charge on any atom is 0.410 e. The van der Waals surface area contributed by atoms with Crippen molar-refractivity contribution in [1.82, 2.24) is 15.0 Å². The highest BCUT2D eigenvalue weighted by atomic mass is 32.1. The zero-order valence-electron chi connectivity index (χ0n) is 9.74. The molecule has 2 N–H and O–H groups in total. The summed E-state index contributed by atoms with van der Waals surface area (Å²) in [6.45, 7) is 1.06. The van der Waals surface area contributed by atoms with Crippen LogP contribution in [-0.4, -0.2) is 26.2 Å². The summed E-state index contributed by atoms with van der Waals surface area (Å²) < 4.78 is 39.2. The molecule has 0 radical (unpaired) electrons. The third-order valence-corrected chi connectivity index (χ3v) is 3.49. The van der Waals surface area contributed by atoms with Gasteiger partial charge in [-0.15, -0.1) is 5.10 Å². The van der Waals surface area contributed by atoms with Crippen molar-refractivity contribution in [3.05, 3.63) is 11.4 Å². The van der Waals surface area contributed by atoms with Gasteiger partial charge in [0.2, 0.25) is 0 Å². The lowest BCUT2D eigenvalue weighted by Crippen LogP contribution is -2.29. The molecule has 0 aliphatic heterocycles. The van der Waals surface area contributed by atoms with Gasteiger partial charge in [-0.2, -0.15) is 13.2 Å². The van der Waals surface area contributed by atoms with E-state index < -0.39 is 12.2 Å². The Hall–Kier alpha value is -1.18. The Morgan fingerprint density at radius 1 is 1.50 bits per heavy atom. The highest BCUT2D eigenvalue weighted by Crippen LogP contribution is 2.40. The molecule has 1 fully saturated rings. The van der Waals surface area contributed by atoms with Gasteiger partial charge in [-0.25, -0.2) is 4.68 Å². The lowest BCUT2D eigenvalue weighted by molar-refractivity contribution is -0.166. The third-order valence-electron chi connectivity index (χ3n) is 3.30. The van der Waals surface area contributed by atoms with Crippen molar-refractivity contribution in [2.24, 2.45) is 5.73 Å². The standard InChI is InChI=1S/C10H13F3N4S/c1-5(10(11,12)13)17-8(6-3-2-4-6)7(9(14)18)15-16-17/h5-6H,2-4H2,1H3,(H2,14,18). The van der Waals surface area contributed by atoms with E-state index in [1.54, 1.807) is 0 Å². The van der Waals surface area contributed by atoms with Crippen molar-refractivity contribution in [3.63, 3.8) is 0 Å². The van der Waals surface area contributed by atoms with Crippen LogP contribution in [0, 0.1) is 0 Å². The van der Waals surface area contributed by atoms with Crippen LogP contribution in [-0.2, 0) is 0 Å². The Balaban J connectivity index is 2.44. The van der Waals surface area contributed by atoms with E-state index >= 15 is 0 Å². The van der Waals surface area contributed by atoms with Crippen molar-refractivity contribution in [2.75, 3.05) is 0 Å². The Kier molecular flexibility index (Phi) is 3.31. The highest BCUT2D eigenvalue weighted by molar-refractivity contribution is 7.80. The second-order valence-electron chi connectivity index (χ2n) is 4.48. The van der Waals surface area contributed by atoms with Crippen LogP contribution in [0.3, 0.4) is 0 Å². The number of nitrogens with zero attached hydrogens (tertiary/aromatic N) is 3. The Morgan fingerprint density at radius 2 is 2.11 bits per heavy atom. The third kappa shape index (κ3) is 2.21. The number of alkyl halides is 3. The molecule has 100 valence electrons. The van der Waals surface area contributed by atoms with E-state index in [1.165, 1.54) is 0 Å². The highest BCUT2D eigenvalue weighted by Gasteiger charge is 2.41. The molecule has 0 amide bonds. The van der Waals surface area contributed by atoms with Gasteiger partial charge in [0.25, 0.3) is 0 Å². The lowest BCUT2D eigenvalue weighted by Gasteiger charge is -2.28. The molecule has 1 aromatic rings. The Labute approximate surface area is 107 Å². The van der Waals surface area contributed by atoms with Crippen LogP contribution in [0.4, 0.5) is 13.2 Å². The normalized spacial score (nSPS) is 18.4. The number of aromatic nitrogens is 3. The van der Waals surface area contributed by atoms with Gasteiger partial charge >= 0.3 is 6.18 Å². The van der Waals surface area contributed by atoms with Crippen LogP contribution in [0.1, 0.15) is 49.5 Å². The molecule has 1 aliphatic rings. The van der Waals surface area contributed by atoms with E-state index in [0.717, 1.165) is 30.9 Å². The minimum absolute atomic E-state index is 0.00229. The van der Waals surface area contributed by atoms with Crippen molar-refractivity contribution in [2.45, 2.75) is 44.3 Å². The van der Waals surface area contributed by atoms with E-state index in [1.807, 2.05) is 0 Å². The lowest BCUT2D eigenvalue weighted by atomic mass is 9.82. The van der Waals surface area contributed by atoms with Crippen molar-refractivity contribution >= 4 is 17.2 Å². The van der Waals surface area contributed by atoms with E-state index in [4.69, 9.17) is 18.0 Å². The first-order chi connectivity index (χ1) is 8.32. The van der Waals surface area contributed by atoms with E-state index in [0.29, 0.717) is 5.69 Å². The summed E-state index contributed by atoms with van der Waals surface area (Å²) in [5, 5.41) is 7.29. The van der Waals surface area contributed by atoms with Gasteiger partial charge in [-0.1, -0.05) is 23.9 Å². The van der Waals surface area contributed by atoms with Gasteiger partial charge in [-0.3, -0.25) is 0 Å². The van der Waals surface area contributed by atoms with Gasteiger partial charge in [0.1, 0.15) is 16.7 Å². The number of nitrogens with two attached hydrogens (primary N) is 1. The van der Waals surface area contributed by atoms with Crippen molar-refractivity contribution in [1.29, 1.82) is 0 Å². The molecule has 0 bridgehead atoms. The van der Waals surface area contributed by atoms with Crippen LogP contribution in [0.2, 0.25) is 0 Å². The first kappa shape index (κ1) is 13.3. The molecule has 0 spiro atoms. The van der Waals surface area contributed by atoms with E-state index in [-0.39, 0.29) is 16.6 Å². The first-order valence-corrected chi connectivity index (χ1v) is 6.04. The van der Waals surface area contributed by atoms with Crippen LogP contribution in [0.15, 0.2) is 0 Å². The van der Waals surface area contributed by atoms with Gasteiger partial charge in [0.15, 0.2) is 0 Å². The maximum absolute atomic E-state index is 12.8. The summed E-state index contributed by atoms with van der Waals surface area (Å²) in [6.07, 6.45) is -1.71. The fourth-order valence-electron chi connectivity index (χ4n) is 1.96. The number of thiocarbonyl (C=S) groups is 1. The summed E-state index contributed by atoms with van der Waals surface area (Å²) in [5.41, 5.74) is 6.14. The quantitative estimate of drug-likeness (QED) is 0.862. The van der Waals surface area contributed by atoms with Gasteiger partial charge in [0.05, 0.1) is 5.69 Å². The summed E-state index contributed by atoms with van der Waals surface area (Å²) in [4.78, 5) is -0.00229. The topological polar surface area (TPSA) is 56.7 Å². The molecule has 1 atom stereocenters. The number of rotatable bonds is 3. The molecular formula is C10H13F3N4S. The predicted molar refractivity (Wildman–Crippen MR) is 63.3 cm³/mol. The molecule has 2 rings (SSSR count). The van der Waals surface area contributed by atoms with Gasteiger partial charge < -0.3 is 5.73 Å². The van der Waals surface area contributed by atoms with Crippen LogP contribution >= 0.6 is 12.2 Å². The van der Waals surface area contributed by atoms with Crippen LogP contribution in [0.25, 0.3) is 0 Å². The molecule has 18 heavy (non-hydrogen) atoms. The van der Waals surface area contributed by atoms with Crippen LogP contribution in [0.5, 0.6) is 0 Å². The molecule has 1 aromatic heterocycles. The Bertz CT molecular complexity index is 464. The average Bonchev–Trinajstić information content (AvgIpc) is 2.56. The van der Waals surface area contributed by atoms with E-state index in [2.05, 4.69) is 10.3 Å². The molecule has 1 aliphatic carbocycles. The SMILES string of the molecule is CC(n1nnc(C(N)=S)c1C1CCC1)C(F)(F)F. The van der Waals surface area contributed by atoms with Crippen molar-refractivity contribution in [3.8, 4) is 0 Å². The summed E-state index contributed by atoms with van der Waals surface area (Å²) >= 11 is 4.81. The molecule has 1 unspecified atom stereocenters. The minimum atomic E-state index is -4.36. The predicted octanol–water partition coefficient (Wildman–Crippen LogP) is 2.30. The fourth-order valence-corrected chi connectivity index (χ4v) is 2.11. The molecule has 8 heteroatoms.